The van der Waals surface area contributed by atoms with Crippen LogP contribution in [0.15, 0.2) is 158 Å². The number of hydrogen-bond donors (Lipinski definition) is 4. The summed E-state index contributed by atoms with van der Waals surface area (Å²) < 4.78 is 61.5. The second-order valence-corrected chi connectivity index (χ2v) is 34.7. The van der Waals surface area contributed by atoms with E-state index in [0.717, 1.165) is 167 Å². The van der Waals surface area contributed by atoms with Gasteiger partial charge in [-0.3, -0.25) is 32.5 Å². The average Bonchev–Trinajstić information content (AvgIpc) is 0.924. The minimum Gasteiger partial charge on any atom is -0.463 e. The van der Waals surface area contributed by atoms with Crippen molar-refractivity contribution < 1.29 is 75.8 Å². The molecule has 0 heterocycles. The van der Waals surface area contributed by atoms with Crippen molar-refractivity contribution in [2.45, 2.75) is 424 Å². The monoisotopic (exact) mass is 1710 g/mol. The summed E-state index contributed by atoms with van der Waals surface area (Å²) in [7, 11) is -9.81. The van der Waals surface area contributed by atoms with Crippen LogP contribution in [0.25, 0.3) is 0 Å². The van der Waals surface area contributed by atoms with Crippen LogP contribution in [-0.2, 0) is 55.8 Å². The van der Waals surface area contributed by atoms with E-state index in [1.54, 1.807) is 0 Å². The summed E-state index contributed by atoms with van der Waals surface area (Å²) in [6.07, 6.45) is 119. The highest BCUT2D eigenvalue weighted by Gasteiger charge is 2.30. The largest absolute Gasteiger partial charge is 0.472 e. The summed E-state index contributed by atoms with van der Waals surface area (Å²) in [4.78, 5) is 59.0. The number of aliphatic hydroxyl groups is 2. The van der Waals surface area contributed by atoms with E-state index in [9.17, 15) is 43.5 Å². The molecule has 0 radical (unpaired) electrons. The molecule has 5 atom stereocenters. The first-order valence-corrected chi connectivity index (χ1v) is 50.8. The number of carbonyl (C=O) groups is 3. The maximum atomic E-state index is 13.1. The molecular weight excluding hydrogens is 1530 g/mol. The van der Waals surface area contributed by atoms with Gasteiger partial charge in [0.1, 0.15) is 25.4 Å². The molecule has 0 saturated carbocycles. The number of hydrogen-bond acceptors (Lipinski definition) is 14. The molecular formula is C101H174O16P2. The molecule has 0 spiro atoms. The fraction of sp³-hybridized carbons (Fsp3) is 0.713. The number of allylic oxidation sites excluding steroid dienone is 26. The van der Waals surface area contributed by atoms with Crippen molar-refractivity contribution >= 4 is 33.6 Å². The molecule has 0 bridgehead atoms. The Bertz CT molecular complexity index is 2790. The number of esters is 3. The Morgan fingerprint density at radius 2 is 0.445 bits per heavy atom. The molecule has 18 heteroatoms. The Labute approximate surface area is 727 Å². The number of ether oxygens (including phenoxy) is 3. The zero-order valence-corrected chi connectivity index (χ0v) is 77.3. The van der Waals surface area contributed by atoms with E-state index < -0.39 is 91.5 Å². The van der Waals surface area contributed by atoms with Crippen molar-refractivity contribution in [1.82, 2.24) is 0 Å². The Balaban J connectivity index is 4.51. The summed E-state index contributed by atoms with van der Waals surface area (Å²) in [6.45, 7) is 2.55. The lowest BCUT2D eigenvalue weighted by Gasteiger charge is -2.21. The molecule has 0 saturated heterocycles. The van der Waals surface area contributed by atoms with Gasteiger partial charge in [0.05, 0.1) is 26.4 Å². The second kappa shape index (κ2) is 92.4. The van der Waals surface area contributed by atoms with Gasteiger partial charge >= 0.3 is 33.6 Å². The van der Waals surface area contributed by atoms with Gasteiger partial charge in [-0.25, -0.2) is 9.13 Å². The van der Waals surface area contributed by atoms with E-state index in [1.165, 1.54) is 180 Å². The van der Waals surface area contributed by atoms with Crippen LogP contribution in [-0.4, -0.2) is 95.9 Å². The van der Waals surface area contributed by atoms with Crippen molar-refractivity contribution in [2.75, 3.05) is 39.6 Å². The van der Waals surface area contributed by atoms with Crippen LogP contribution in [0.2, 0.25) is 0 Å². The maximum absolute atomic E-state index is 13.1. The fourth-order valence-corrected chi connectivity index (χ4v) is 14.6. The molecule has 0 aliphatic carbocycles. The number of rotatable bonds is 90. The number of phosphoric acid groups is 2. The fourth-order valence-electron chi connectivity index (χ4n) is 13.0. The van der Waals surface area contributed by atoms with Crippen LogP contribution >= 0.6 is 15.6 Å². The van der Waals surface area contributed by atoms with Gasteiger partial charge in [-0.2, -0.15) is 0 Å². The minimum atomic E-state index is -4.95. The SMILES string of the molecule is CC/C=C\C/C=C\C/C=C\C/C=C\C/C=C\C/C=C\CCCCCCCCCCCCCCCCCCC(=O)OCC(O)COP(=O)(O)OCC(O)COP(=O)(O)OCC(COC(=O)CCCCCCCCCCCCCCC/C=C\C/C=C\C/C=C\C/C=C\CCCCC)OC(=O)CCCCCCCC/C=C\C/C=C\C/C=C\CCCCC. The molecule has 0 rings (SSSR count). The Hall–Kier alpha value is -4.83. The highest BCUT2D eigenvalue weighted by atomic mass is 31.2. The molecule has 0 aromatic heterocycles. The minimum absolute atomic E-state index is 0.0881. The zero-order valence-electron chi connectivity index (χ0n) is 75.5. The highest BCUT2D eigenvalue weighted by Crippen LogP contribution is 2.45. The van der Waals surface area contributed by atoms with Gasteiger partial charge in [0.25, 0.3) is 0 Å². The summed E-state index contributed by atoms with van der Waals surface area (Å²) in [5, 5.41) is 20.7. The first kappa shape index (κ1) is 114. The first-order chi connectivity index (χ1) is 58.2. The molecule has 0 aliphatic rings. The van der Waals surface area contributed by atoms with Crippen molar-refractivity contribution in [1.29, 1.82) is 0 Å². The van der Waals surface area contributed by atoms with Gasteiger partial charge in [-0.15, -0.1) is 0 Å². The van der Waals surface area contributed by atoms with Crippen LogP contribution < -0.4 is 0 Å². The summed E-state index contributed by atoms with van der Waals surface area (Å²) in [6, 6.07) is 0. The highest BCUT2D eigenvalue weighted by molar-refractivity contribution is 7.47. The molecule has 5 unspecified atom stereocenters. The van der Waals surface area contributed by atoms with Gasteiger partial charge in [0.15, 0.2) is 6.10 Å². The third-order valence-electron chi connectivity index (χ3n) is 20.2. The Kier molecular flexibility index (Phi) is 88.6. The molecule has 0 fully saturated rings. The van der Waals surface area contributed by atoms with E-state index in [0.29, 0.717) is 19.3 Å². The first-order valence-electron chi connectivity index (χ1n) is 47.8. The molecule has 0 aromatic rings. The zero-order chi connectivity index (χ0) is 86.5. The lowest BCUT2D eigenvalue weighted by Crippen LogP contribution is -2.30. The van der Waals surface area contributed by atoms with Gasteiger partial charge in [-0.1, -0.05) is 391 Å². The molecule has 684 valence electrons. The number of phosphoric ester groups is 2. The third-order valence-corrected chi connectivity index (χ3v) is 22.1. The van der Waals surface area contributed by atoms with Crippen LogP contribution in [0.3, 0.4) is 0 Å². The molecule has 4 N–H and O–H groups in total. The van der Waals surface area contributed by atoms with Crippen molar-refractivity contribution in [3.05, 3.63) is 158 Å². The van der Waals surface area contributed by atoms with Gasteiger partial charge < -0.3 is 34.2 Å². The summed E-state index contributed by atoms with van der Waals surface area (Å²) >= 11 is 0. The number of unbranched alkanes of at least 4 members (excludes halogenated alkanes) is 41. The smallest absolute Gasteiger partial charge is 0.463 e. The van der Waals surface area contributed by atoms with E-state index in [2.05, 4.69) is 179 Å². The van der Waals surface area contributed by atoms with E-state index in [4.69, 9.17) is 32.3 Å². The van der Waals surface area contributed by atoms with Crippen LogP contribution in [0.1, 0.15) is 406 Å². The molecule has 0 amide bonds. The van der Waals surface area contributed by atoms with Crippen molar-refractivity contribution in [3.8, 4) is 0 Å². The van der Waals surface area contributed by atoms with Crippen molar-refractivity contribution in [2.24, 2.45) is 0 Å². The molecule has 0 aromatic carbocycles. The van der Waals surface area contributed by atoms with Gasteiger partial charge in [0, 0.05) is 19.3 Å². The normalized spacial score (nSPS) is 14.4. The maximum Gasteiger partial charge on any atom is 0.472 e. The number of aliphatic hydroxyl groups excluding tert-OH is 2. The second-order valence-electron chi connectivity index (χ2n) is 31.8. The predicted octanol–water partition coefficient (Wildman–Crippen LogP) is 29.7. The predicted molar refractivity (Wildman–Crippen MR) is 500 cm³/mol. The van der Waals surface area contributed by atoms with E-state index >= 15 is 0 Å². The summed E-state index contributed by atoms with van der Waals surface area (Å²) in [5.74, 6) is -1.58. The number of carbonyl (C=O) groups excluding carboxylic acids is 3. The molecule has 0 aliphatic heterocycles. The Morgan fingerprint density at radius 3 is 0.706 bits per heavy atom. The van der Waals surface area contributed by atoms with Gasteiger partial charge in [-0.05, 0) is 154 Å². The quantitative estimate of drug-likeness (QED) is 0.0146. The summed E-state index contributed by atoms with van der Waals surface area (Å²) in [5.41, 5.74) is 0. The van der Waals surface area contributed by atoms with Crippen LogP contribution in [0, 0.1) is 0 Å². The third kappa shape index (κ3) is 93.7. The van der Waals surface area contributed by atoms with Gasteiger partial charge in [0.2, 0.25) is 0 Å². The van der Waals surface area contributed by atoms with E-state index in [1.807, 2.05) is 0 Å². The Morgan fingerprint density at radius 1 is 0.244 bits per heavy atom. The van der Waals surface area contributed by atoms with E-state index in [-0.39, 0.29) is 19.3 Å². The molecule has 119 heavy (non-hydrogen) atoms. The van der Waals surface area contributed by atoms with Crippen LogP contribution in [0.5, 0.6) is 0 Å². The average molecular weight is 1710 g/mol. The lowest BCUT2D eigenvalue weighted by molar-refractivity contribution is -0.161. The molecule has 16 nitrogen and oxygen atoms in total. The lowest BCUT2D eigenvalue weighted by atomic mass is 10.0. The van der Waals surface area contributed by atoms with Crippen molar-refractivity contribution in [3.63, 3.8) is 0 Å². The van der Waals surface area contributed by atoms with Crippen LogP contribution in [0.4, 0.5) is 0 Å². The topological polar surface area (TPSA) is 231 Å². The standard InChI is InChI=1S/C101H174O16P2/c1-4-7-10-13-16-19-22-25-28-31-34-36-38-40-42-44-45-46-47-48-49-51-53-54-56-58-61-63-66-69-72-75-78-81-84-87-99(104)111-90-96(102)91-113-118(107,108)114-92-97(103)93-115-119(109,110)116-95-98(117-101(106)89-86-83-80-77-74-71-68-65-60-33-30-27-24-21-18-15-12-9-6-3)94-112-100(105)88-85-82-79-76-73-70-67-64-62-59-57-55-52-50-43-41-39-37-35-32-29-26-23-20-17-14-11-8-5-2/h7,10,16-21,25-30,34-37,40-43,45-46,60,65,96-98,102-103H,4-6,8-9,11-15,22-24,31-33,38-39,44,47-59,61-64,66-95H2,1-3H3,(H,107,108)(H,109,110)/b10-7-,19-16-,20-17-,21-18-,28-25-,29-26-,30-27-,36-34-,37-35-,42-40-,43-41-,46-45-,65-60-.